The zero-order valence-electron chi connectivity index (χ0n) is 34.8. The van der Waals surface area contributed by atoms with Crippen LogP contribution >= 0.6 is 0 Å². The molecule has 0 saturated carbocycles. The zero-order valence-corrected chi connectivity index (χ0v) is 34.8. The largest absolute Gasteiger partial charge is 0.462 e. The SMILES string of the molecule is CCCCC/C=C\C/C=C\CCCCCCCC(=O)OCC(COC(=O)CCCCCCC/C=C\C/C=C\CCCCC)OC(=O)CCCCCCC. The first kappa shape index (κ1) is 50.4. The summed E-state index contributed by atoms with van der Waals surface area (Å²) in [6, 6.07) is 0. The second kappa shape index (κ2) is 42.1. The van der Waals surface area contributed by atoms with E-state index in [1.54, 1.807) is 0 Å². The van der Waals surface area contributed by atoms with Crippen molar-refractivity contribution in [3.05, 3.63) is 48.6 Å². The standard InChI is InChI=1S/C47H82O6/c1-4-7-10-13-15-17-19-21-23-25-27-29-31-34-36-39-45(48)51-42-44(53-47(50)41-38-33-12-9-6-3)43-52-46(49)40-37-35-32-30-28-26-24-22-20-18-16-14-11-8-5-2/h15-18,21-24,44H,4-14,19-20,25-43H2,1-3H3/b17-15-,18-16-,23-21-,24-22-. The van der Waals surface area contributed by atoms with Crippen LogP contribution in [0.15, 0.2) is 48.6 Å². The van der Waals surface area contributed by atoms with Gasteiger partial charge in [0.25, 0.3) is 0 Å². The molecule has 6 heteroatoms. The normalized spacial score (nSPS) is 11.9. The van der Waals surface area contributed by atoms with E-state index >= 15 is 0 Å². The fourth-order valence-electron chi connectivity index (χ4n) is 5.91. The molecule has 0 bridgehead atoms. The minimum Gasteiger partial charge on any atom is -0.462 e. The monoisotopic (exact) mass is 743 g/mol. The van der Waals surface area contributed by atoms with E-state index in [9.17, 15) is 14.4 Å². The minimum atomic E-state index is -0.778. The van der Waals surface area contributed by atoms with E-state index in [0.717, 1.165) is 109 Å². The van der Waals surface area contributed by atoms with Gasteiger partial charge >= 0.3 is 17.9 Å². The predicted molar refractivity (Wildman–Crippen MR) is 224 cm³/mol. The summed E-state index contributed by atoms with van der Waals surface area (Å²) in [7, 11) is 0. The Morgan fingerprint density at radius 3 is 1.08 bits per heavy atom. The van der Waals surface area contributed by atoms with Gasteiger partial charge in [-0.15, -0.1) is 0 Å². The predicted octanol–water partition coefficient (Wildman–Crippen LogP) is 14.0. The molecule has 0 N–H and O–H groups in total. The smallest absolute Gasteiger partial charge is 0.306 e. The summed E-state index contributed by atoms with van der Waals surface area (Å²) in [5.41, 5.74) is 0. The maximum atomic E-state index is 12.5. The molecule has 0 aromatic rings. The van der Waals surface area contributed by atoms with Crippen LogP contribution in [0.2, 0.25) is 0 Å². The van der Waals surface area contributed by atoms with Crippen molar-refractivity contribution in [3.63, 3.8) is 0 Å². The maximum absolute atomic E-state index is 12.5. The fraction of sp³-hybridized carbons (Fsp3) is 0.766. The van der Waals surface area contributed by atoms with Crippen LogP contribution in [0.1, 0.15) is 213 Å². The second-order valence-electron chi connectivity index (χ2n) is 14.6. The Labute approximate surface area is 327 Å². The molecule has 0 aromatic heterocycles. The van der Waals surface area contributed by atoms with E-state index in [1.807, 2.05) is 0 Å². The summed E-state index contributed by atoms with van der Waals surface area (Å²) in [4.78, 5) is 37.4. The van der Waals surface area contributed by atoms with Gasteiger partial charge in [-0.2, -0.15) is 0 Å². The van der Waals surface area contributed by atoms with Crippen LogP contribution in [0.4, 0.5) is 0 Å². The highest BCUT2D eigenvalue weighted by Gasteiger charge is 2.19. The summed E-state index contributed by atoms with van der Waals surface area (Å²) in [5.74, 6) is -0.929. The molecule has 0 saturated heterocycles. The molecule has 306 valence electrons. The van der Waals surface area contributed by atoms with Crippen molar-refractivity contribution >= 4 is 17.9 Å². The van der Waals surface area contributed by atoms with E-state index in [4.69, 9.17) is 14.2 Å². The number of unbranched alkanes of at least 4 members (excludes halogenated alkanes) is 20. The van der Waals surface area contributed by atoms with Gasteiger partial charge in [0.1, 0.15) is 13.2 Å². The highest BCUT2D eigenvalue weighted by Crippen LogP contribution is 2.12. The lowest BCUT2D eigenvalue weighted by molar-refractivity contribution is -0.167. The van der Waals surface area contributed by atoms with Crippen molar-refractivity contribution in [1.82, 2.24) is 0 Å². The van der Waals surface area contributed by atoms with Gasteiger partial charge in [-0.05, 0) is 83.5 Å². The van der Waals surface area contributed by atoms with Crippen molar-refractivity contribution in [1.29, 1.82) is 0 Å². The number of carbonyl (C=O) groups excluding carboxylic acids is 3. The molecule has 0 aliphatic heterocycles. The maximum Gasteiger partial charge on any atom is 0.306 e. The quantitative estimate of drug-likeness (QED) is 0.0270. The van der Waals surface area contributed by atoms with Crippen molar-refractivity contribution < 1.29 is 28.6 Å². The van der Waals surface area contributed by atoms with Gasteiger partial charge in [0.2, 0.25) is 0 Å². The van der Waals surface area contributed by atoms with E-state index in [0.29, 0.717) is 19.3 Å². The van der Waals surface area contributed by atoms with Gasteiger partial charge in [-0.1, -0.05) is 159 Å². The Balaban J connectivity index is 4.24. The molecule has 0 radical (unpaired) electrons. The third kappa shape index (κ3) is 40.4. The third-order valence-corrected chi connectivity index (χ3v) is 9.31. The van der Waals surface area contributed by atoms with Crippen LogP contribution in [0.3, 0.4) is 0 Å². The summed E-state index contributed by atoms with van der Waals surface area (Å²) in [6.07, 6.45) is 48.3. The van der Waals surface area contributed by atoms with Gasteiger partial charge in [-0.25, -0.2) is 0 Å². The number of carbonyl (C=O) groups is 3. The molecule has 53 heavy (non-hydrogen) atoms. The van der Waals surface area contributed by atoms with Gasteiger partial charge in [0.15, 0.2) is 6.10 Å². The average molecular weight is 743 g/mol. The first-order valence-corrected chi connectivity index (χ1v) is 22.1. The average Bonchev–Trinajstić information content (AvgIpc) is 3.15. The molecule has 0 aromatic carbocycles. The summed E-state index contributed by atoms with van der Waals surface area (Å²) in [5, 5.41) is 0. The van der Waals surface area contributed by atoms with E-state index in [-0.39, 0.29) is 31.1 Å². The molecule has 0 heterocycles. The Bertz CT molecular complexity index is 887. The molecule has 0 spiro atoms. The Morgan fingerprint density at radius 1 is 0.377 bits per heavy atom. The van der Waals surface area contributed by atoms with Crippen LogP contribution in [0.5, 0.6) is 0 Å². The number of hydrogen-bond acceptors (Lipinski definition) is 6. The first-order chi connectivity index (χ1) is 26.0. The van der Waals surface area contributed by atoms with Crippen molar-refractivity contribution in [2.75, 3.05) is 13.2 Å². The molecule has 0 fully saturated rings. The lowest BCUT2D eigenvalue weighted by atomic mass is 10.1. The van der Waals surface area contributed by atoms with Crippen molar-refractivity contribution in [2.45, 2.75) is 219 Å². The number of esters is 3. The molecule has 0 unspecified atom stereocenters. The second-order valence-corrected chi connectivity index (χ2v) is 14.6. The highest BCUT2D eigenvalue weighted by molar-refractivity contribution is 5.71. The molecule has 0 rings (SSSR count). The van der Waals surface area contributed by atoms with E-state index in [1.165, 1.54) is 64.2 Å². The molecular formula is C47H82O6. The summed E-state index contributed by atoms with van der Waals surface area (Å²) < 4.78 is 16.6. The summed E-state index contributed by atoms with van der Waals surface area (Å²) in [6.45, 7) is 6.46. The van der Waals surface area contributed by atoms with Crippen LogP contribution in [0.25, 0.3) is 0 Å². The molecule has 6 nitrogen and oxygen atoms in total. The van der Waals surface area contributed by atoms with E-state index < -0.39 is 6.10 Å². The fourth-order valence-corrected chi connectivity index (χ4v) is 5.91. The van der Waals surface area contributed by atoms with Gasteiger partial charge in [-0.3, -0.25) is 14.4 Å². The number of hydrogen-bond donors (Lipinski definition) is 0. The number of rotatable bonds is 39. The molecule has 0 aliphatic rings. The molecular weight excluding hydrogens is 661 g/mol. The highest BCUT2D eigenvalue weighted by atomic mass is 16.6. The van der Waals surface area contributed by atoms with Crippen molar-refractivity contribution in [2.24, 2.45) is 0 Å². The van der Waals surface area contributed by atoms with Crippen LogP contribution in [0, 0.1) is 0 Å². The molecule has 0 atom stereocenters. The van der Waals surface area contributed by atoms with Gasteiger partial charge in [0, 0.05) is 19.3 Å². The number of allylic oxidation sites excluding steroid dienone is 8. The lowest BCUT2D eigenvalue weighted by Crippen LogP contribution is -2.30. The van der Waals surface area contributed by atoms with Gasteiger partial charge in [0.05, 0.1) is 0 Å². The molecule has 0 amide bonds. The Hall–Kier alpha value is -2.63. The lowest BCUT2D eigenvalue weighted by Gasteiger charge is -2.18. The van der Waals surface area contributed by atoms with Crippen molar-refractivity contribution in [3.8, 4) is 0 Å². The Morgan fingerprint density at radius 2 is 0.679 bits per heavy atom. The van der Waals surface area contributed by atoms with Crippen LogP contribution in [-0.2, 0) is 28.6 Å². The molecule has 0 aliphatic carbocycles. The zero-order chi connectivity index (χ0) is 38.7. The first-order valence-electron chi connectivity index (χ1n) is 22.1. The van der Waals surface area contributed by atoms with Gasteiger partial charge < -0.3 is 14.2 Å². The third-order valence-electron chi connectivity index (χ3n) is 9.31. The number of ether oxygens (including phenoxy) is 3. The minimum absolute atomic E-state index is 0.0857. The van der Waals surface area contributed by atoms with E-state index in [2.05, 4.69) is 69.4 Å². The van der Waals surface area contributed by atoms with Crippen LogP contribution in [-0.4, -0.2) is 37.2 Å². The summed E-state index contributed by atoms with van der Waals surface area (Å²) >= 11 is 0. The topological polar surface area (TPSA) is 78.9 Å². The van der Waals surface area contributed by atoms with Crippen LogP contribution < -0.4 is 0 Å². The Kier molecular flexibility index (Phi) is 40.0.